The van der Waals surface area contributed by atoms with Gasteiger partial charge >= 0.3 is 5.97 Å². The Morgan fingerprint density at radius 3 is 2.57 bits per heavy atom. The minimum Gasteiger partial charge on any atom is -0.504 e. The molecular weight excluding hydrogens is 274 g/mol. The number of hydrogen-bond acceptors (Lipinski definition) is 4. The van der Waals surface area contributed by atoms with Crippen LogP contribution in [0.15, 0.2) is 18.2 Å². The highest BCUT2D eigenvalue weighted by molar-refractivity contribution is 5.97. The minimum absolute atomic E-state index is 0.116. The maximum atomic E-state index is 12.4. The number of phenols is 1. The summed E-state index contributed by atoms with van der Waals surface area (Å²) in [7, 11) is 1.43. The van der Waals surface area contributed by atoms with Crippen molar-refractivity contribution in [3.8, 4) is 11.5 Å². The first kappa shape index (κ1) is 15.2. The summed E-state index contributed by atoms with van der Waals surface area (Å²) >= 11 is 0. The smallest absolute Gasteiger partial charge is 0.303 e. The van der Waals surface area contributed by atoms with Crippen molar-refractivity contribution in [3.05, 3.63) is 23.8 Å². The van der Waals surface area contributed by atoms with E-state index in [1.54, 1.807) is 23.1 Å². The van der Waals surface area contributed by atoms with Gasteiger partial charge in [0.2, 0.25) is 0 Å². The standard InChI is InChI=1S/C15H19NO5/c1-21-12-4-2-3-11(14(12)19)15(20)16-7-5-10(6-8-16)9-13(17)18/h2-4,10,19H,5-9H2,1H3,(H,17,18). The van der Waals surface area contributed by atoms with E-state index in [-0.39, 0.29) is 35.3 Å². The van der Waals surface area contributed by atoms with Gasteiger partial charge in [-0.05, 0) is 30.9 Å². The van der Waals surface area contributed by atoms with Gasteiger partial charge in [-0.15, -0.1) is 0 Å². The van der Waals surface area contributed by atoms with Crippen LogP contribution in [0.4, 0.5) is 0 Å². The summed E-state index contributed by atoms with van der Waals surface area (Å²) in [6.07, 6.45) is 1.48. The highest BCUT2D eigenvalue weighted by atomic mass is 16.5. The Hall–Kier alpha value is -2.24. The molecule has 1 aromatic rings. The van der Waals surface area contributed by atoms with Gasteiger partial charge in [0.15, 0.2) is 11.5 Å². The van der Waals surface area contributed by atoms with Crippen LogP contribution >= 0.6 is 0 Å². The van der Waals surface area contributed by atoms with Gasteiger partial charge in [0.05, 0.1) is 12.7 Å². The van der Waals surface area contributed by atoms with Gasteiger partial charge in [-0.3, -0.25) is 9.59 Å². The predicted octanol–water partition coefficient (Wildman–Crippen LogP) is 1.73. The largest absolute Gasteiger partial charge is 0.504 e. The number of carbonyl (C=O) groups is 2. The molecule has 1 aromatic carbocycles. The molecule has 0 spiro atoms. The predicted molar refractivity (Wildman–Crippen MR) is 75.5 cm³/mol. The average Bonchev–Trinajstić information content (AvgIpc) is 2.47. The summed E-state index contributed by atoms with van der Waals surface area (Å²) in [5, 5.41) is 18.8. The Morgan fingerprint density at radius 1 is 1.33 bits per heavy atom. The highest BCUT2D eigenvalue weighted by Gasteiger charge is 2.26. The summed E-state index contributed by atoms with van der Waals surface area (Å²) in [5.41, 5.74) is 0.214. The summed E-state index contributed by atoms with van der Waals surface area (Å²) in [6, 6.07) is 4.80. The number of carbonyl (C=O) groups excluding carboxylic acids is 1. The van der Waals surface area contributed by atoms with Crippen molar-refractivity contribution < 1.29 is 24.5 Å². The van der Waals surface area contributed by atoms with Crippen molar-refractivity contribution in [2.24, 2.45) is 5.92 Å². The maximum absolute atomic E-state index is 12.4. The molecule has 114 valence electrons. The van der Waals surface area contributed by atoms with Crippen LogP contribution in [0.25, 0.3) is 0 Å². The van der Waals surface area contributed by atoms with E-state index in [0.29, 0.717) is 25.9 Å². The molecule has 0 radical (unpaired) electrons. The second-order valence-corrected chi connectivity index (χ2v) is 5.19. The number of benzene rings is 1. The number of ether oxygens (including phenoxy) is 1. The number of carboxylic acids is 1. The molecular formula is C15H19NO5. The van der Waals surface area contributed by atoms with Crippen LogP contribution in [0.5, 0.6) is 11.5 Å². The van der Waals surface area contributed by atoms with Gasteiger partial charge in [0.25, 0.3) is 5.91 Å². The summed E-state index contributed by atoms with van der Waals surface area (Å²) in [5.74, 6) is -0.824. The number of likely N-dealkylation sites (tertiary alicyclic amines) is 1. The van der Waals surface area contributed by atoms with Crippen LogP contribution in [-0.2, 0) is 4.79 Å². The van der Waals surface area contributed by atoms with Crippen molar-refractivity contribution in [1.29, 1.82) is 0 Å². The monoisotopic (exact) mass is 293 g/mol. The van der Waals surface area contributed by atoms with E-state index < -0.39 is 5.97 Å². The Labute approximate surface area is 122 Å². The third-order valence-electron chi connectivity index (χ3n) is 3.81. The van der Waals surface area contributed by atoms with Crippen molar-refractivity contribution >= 4 is 11.9 Å². The third kappa shape index (κ3) is 3.45. The molecule has 1 amide bonds. The molecule has 6 heteroatoms. The van der Waals surface area contributed by atoms with Crippen LogP contribution in [0.3, 0.4) is 0 Å². The van der Waals surface area contributed by atoms with Gasteiger partial charge in [-0.1, -0.05) is 6.07 Å². The number of methoxy groups -OCH3 is 1. The van der Waals surface area contributed by atoms with Crippen molar-refractivity contribution in [2.45, 2.75) is 19.3 Å². The van der Waals surface area contributed by atoms with E-state index >= 15 is 0 Å². The van der Waals surface area contributed by atoms with E-state index in [1.807, 2.05) is 0 Å². The van der Waals surface area contributed by atoms with Crippen LogP contribution in [-0.4, -0.2) is 47.2 Å². The van der Waals surface area contributed by atoms with Gasteiger partial charge in [-0.2, -0.15) is 0 Å². The zero-order valence-corrected chi connectivity index (χ0v) is 11.9. The molecule has 2 N–H and O–H groups in total. The lowest BCUT2D eigenvalue weighted by Gasteiger charge is -2.31. The molecule has 0 aliphatic carbocycles. The minimum atomic E-state index is -0.801. The maximum Gasteiger partial charge on any atom is 0.303 e. The summed E-state index contributed by atoms with van der Waals surface area (Å²) in [6.45, 7) is 1.01. The fourth-order valence-corrected chi connectivity index (χ4v) is 2.62. The van der Waals surface area contributed by atoms with Gasteiger partial charge in [0.1, 0.15) is 0 Å². The zero-order chi connectivity index (χ0) is 15.4. The Balaban J connectivity index is 2.04. The molecule has 21 heavy (non-hydrogen) atoms. The number of phenolic OH excluding ortho intramolecular Hbond substituents is 1. The molecule has 1 aliphatic rings. The SMILES string of the molecule is COc1cccc(C(=O)N2CCC(CC(=O)O)CC2)c1O. The molecule has 0 saturated carbocycles. The van der Waals surface area contributed by atoms with E-state index in [0.717, 1.165) is 0 Å². The van der Waals surface area contributed by atoms with E-state index in [4.69, 9.17) is 9.84 Å². The van der Waals surface area contributed by atoms with E-state index in [9.17, 15) is 14.7 Å². The topological polar surface area (TPSA) is 87.1 Å². The number of carboxylic acid groups (broad SMARTS) is 1. The van der Waals surface area contributed by atoms with E-state index in [1.165, 1.54) is 7.11 Å². The molecule has 1 fully saturated rings. The van der Waals surface area contributed by atoms with Crippen molar-refractivity contribution in [1.82, 2.24) is 4.90 Å². The van der Waals surface area contributed by atoms with E-state index in [2.05, 4.69) is 0 Å². The van der Waals surface area contributed by atoms with Crippen LogP contribution in [0.1, 0.15) is 29.6 Å². The number of para-hydroxylation sites is 1. The molecule has 6 nitrogen and oxygen atoms in total. The first-order chi connectivity index (χ1) is 10.0. The van der Waals surface area contributed by atoms with Gasteiger partial charge in [-0.25, -0.2) is 0 Å². The lowest BCUT2D eigenvalue weighted by Crippen LogP contribution is -2.38. The molecule has 0 atom stereocenters. The lowest BCUT2D eigenvalue weighted by atomic mass is 9.93. The van der Waals surface area contributed by atoms with Crippen LogP contribution < -0.4 is 4.74 Å². The normalized spacial score (nSPS) is 15.8. The molecule has 1 saturated heterocycles. The number of amides is 1. The summed E-state index contributed by atoms with van der Waals surface area (Å²) < 4.78 is 5.00. The number of hydrogen-bond donors (Lipinski definition) is 2. The Bertz CT molecular complexity index is 535. The number of aromatic hydroxyl groups is 1. The fourth-order valence-electron chi connectivity index (χ4n) is 2.62. The Morgan fingerprint density at radius 2 is 2.00 bits per heavy atom. The fraction of sp³-hybridized carbons (Fsp3) is 0.467. The molecule has 1 aliphatic heterocycles. The number of piperidine rings is 1. The summed E-state index contributed by atoms with van der Waals surface area (Å²) in [4.78, 5) is 24.7. The lowest BCUT2D eigenvalue weighted by molar-refractivity contribution is -0.138. The van der Waals surface area contributed by atoms with Gasteiger partial charge < -0.3 is 19.8 Å². The highest BCUT2D eigenvalue weighted by Crippen LogP contribution is 2.31. The molecule has 0 aromatic heterocycles. The quantitative estimate of drug-likeness (QED) is 0.882. The Kier molecular flexibility index (Phi) is 4.67. The van der Waals surface area contributed by atoms with Crippen LogP contribution in [0.2, 0.25) is 0 Å². The second kappa shape index (κ2) is 6.47. The van der Waals surface area contributed by atoms with Crippen LogP contribution in [0, 0.1) is 5.92 Å². The second-order valence-electron chi connectivity index (χ2n) is 5.19. The number of rotatable bonds is 4. The molecule has 0 bridgehead atoms. The first-order valence-electron chi connectivity index (χ1n) is 6.90. The molecule has 0 unspecified atom stereocenters. The number of aliphatic carboxylic acids is 1. The van der Waals surface area contributed by atoms with Crippen molar-refractivity contribution in [3.63, 3.8) is 0 Å². The third-order valence-corrected chi connectivity index (χ3v) is 3.81. The van der Waals surface area contributed by atoms with Crippen molar-refractivity contribution in [2.75, 3.05) is 20.2 Å². The average molecular weight is 293 g/mol. The number of nitrogens with zero attached hydrogens (tertiary/aromatic N) is 1. The first-order valence-corrected chi connectivity index (χ1v) is 6.90. The van der Waals surface area contributed by atoms with Gasteiger partial charge in [0, 0.05) is 19.5 Å². The molecule has 2 rings (SSSR count). The molecule has 1 heterocycles. The zero-order valence-electron chi connectivity index (χ0n) is 11.9.